The van der Waals surface area contributed by atoms with Gasteiger partial charge in [0.15, 0.2) is 0 Å². The Morgan fingerprint density at radius 1 is 1.43 bits per heavy atom. The molecule has 112 valence electrons. The zero-order valence-electron chi connectivity index (χ0n) is 12.5. The number of benzene rings is 1. The molecule has 7 nitrogen and oxygen atoms in total. The third-order valence-electron chi connectivity index (χ3n) is 3.23. The Balaban J connectivity index is 2.42. The lowest BCUT2D eigenvalue weighted by Crippen LogP contribution is -2.07. The first-order valence-electron chi connectivity index (χ1n) is 6.54. The van der Waals surface area contributed by atoms with Crippen LogP contribution in [-0.2, 0) is 13.6 Å². The van der Waals surface area contributed by atoms with Crippen LogP contribution in [0.5, 0.6) is 11.6 Å². The molecule has 0 bridgehead atoms. The number of non-ortho nitro benzene ring substituents is 1. The second-order valence-electron chi connectivity index (χ2n) is 4.83. The molecule has 0 atom stereocenters. The van der Waals surface area contributed by atoms with E-state index in [0.717, 1.165) is 16.8 Å². The van der Waals surface area contributed by atoms with Gasteiger partial charge in [0.1, 0.15) is 5.75 Å². The first-order chi connectivity index (χ1) is 9.93. The second kappa shape index (κ2) is 5.92. The maximum absolute atomic E-state index is 10.9. The van der Waals surface area contributed by atoms with Crippen molar-refractivity contribution in [2.45, 2.75) is 20.4 Å². The van der Waals surface area contributed by atoms with E-state index < -0.39 is 4.92 Å². The molecule has 0 radical (unpaired) electrons. The van der Waals surface area contributed by atoms with Crippen LogP contribution >= 0.6 is 0 Å². The number of ether oxygens (including phenoxy) is 1. The van der Waals surface area contributed by atoms with Crippen LogP contribution in [0.2, 0.25) is 0 Å². The highest BCUT2D eigenvalue weighted by Crippen LogP contribution is 2.31. The lowest BCUT2D eigenvalue weighted by molar-refractivity contribution is -0.384. The van der Waals surface area contributed by atoms with Gasteiger partial charge in [-0.25, -0.2) is 4.68 Å². The summed E-state index contributed by atoms with van der Waals surface area (Å²) in [4.78, 5) is 10.4. The smallest absolute Gasteiger partial charge is 0.273 e. The van der Waals surface area contributed by atoms with Crippen molar-refractivity contribution in [1.29, 1.82) is 0 Å². The Morgan fingerprint density at radius 2 is 2.14 bits per heavy atom. The van der Waals surface area contributed by atoms with Crippen molar-refractivity contribution in [3.8, 4) is 11.6 Å². The molecule has 0 spiro atoms. The van der Waals surface area contributed by atoms with Gasteiger partial charge in [0.2, 0.25) is 5.88 Å². The number of nitro groups is 1. The highest BCUT2D eigenvalue weighted by atomic mass is 16.6. The van der Waals surface area contributed by atoms with E-state index in [1.54, 1.807) is 17.8 Å². The Morgan fingerprint density at radius 3 is 2.76 bits per heavy atom. The van der Waals surface area contributed by atoms with Crippen LogP contribution in [0, 0.1) is 24.0 Å². The molecule has 7 heteroatoms. The number of hydrogen-bond acceptors (Lipinski definition) is 5. The lowest BCUT2D eigenvalue weighted by atomic mass is 10.2. The van der Waals surface area contributed by atoms with E-state index in [-0.39, 0.29) is 5.69 Å². The minimum Gasteiger partial charge on any atom is -0.438 e. The fourth-order valence-corrected chi connectivity index (χ4v) is 2.11. The van der Waals surface area contributed by atoms with Gasteiger partial charge in [-0.05, 0) is 32.5 Å². The van der Waals surface area contributed by atoms with Crippen LogP contribution in [0.25, 0.3) is 0 Å². The van der Waals surface area contributed by atoms with Crippen molar-refractivity contribution >= 4 is 5.69 Å². The SMILES string of the molecule is CNCc1c(C)nn(C)c1Oc1cc([N+](=O)[O-])ccc1C. The number of nitrogens with one attached hydrogen (secondary N) is 1. The summed E-state index contributed by atoms with van der Waals surface area (Å²) in [5, 5.41) is 18.3. The molecule has 1 N–H and O–H groups in total. The van der Waals surface area contributed by atoms with Crippen molar-refractivity contribution in [2.24, 2.45) is 7.05 Å². The van der Waals surface area contributed by atoms with Crippen molar-refractivity contribution in [1.82, 2.24) is 15.1 Å². The third-order valence-corrected chi connectivity index (χ3v) is 3.23. The first kappa shape index (κ1) is 15.0. The third kappa shape index (κ3) is 3.03. The monoisotopic (exact) mass is 290 g/mol. The summed E-state index contributed by atoms with van der Waals surface area (Å²) in [6.07, 6.45) is 0. The molecule has 0 saturated carbocycles. The molecule has 21 heavy (non-hydrogen) atoms. The molecule has 0 aliphatic carbocycles. The fraction of sp³-hybridized carbons (Fsp3) is 0.357. The fourth-order valence-electron chi connectivity index (χ4n) is 2.11. The van der Waals surface area contributed by atoms with Crippen LogP contribution in [0.3, 0.4) is 0 Å². The lowest BCUT2D eigenvalue weighted by Gasteiger charge is -2.10. The Labute approximate surface area is 122 Å². The van der Waals surface area contributed by atoms with E-state index in [9.17, 15) is 10.1 Å². The van der Waals surface area contributed by atoms with Gasteiger partial charge in [-0.15, -0.1) is 0 Å². The molecule has 1 aromatic carbocycles. The summed E-state index contributed by atoms with van der Waals surface area (Å²) in [6, 6.07) is 4.57. The number of aryl methyl sites for hydroxylation is 3. The molecule has 0 unspecified atom stereocenters. The molecule has 1 aromatic heterocycles. The summed E-state index contributed by atoms with van der Waals surface area (Å²) in [5.41, 5.74) is 2.63. The molecule has 0 amide bonds. The zero-order valence-corrected chi connectivity index (χ0v) is 12.5. The second-order valence-corrected chi connectivity index (χ2v) is 4.83. The highest BCUT2D eigenvalue weighted by Gasteiger charge is 2.17. The van der Waals surface area contributed by atoms with Crippen molar-refractivity contribution in [3.63, 3.8) is 0 Å². The van der Waals surface area contributed by atoms with Gasteiger partial charge in [0.25, 0.3) is 5.69 Å². The topological polar surface area (TPSA) is 82.2 Å². The predicted molar refractivity (Wildman–Crippen MR) is 78.6 cm³/mol. The summed E-state index contributed by atoms with van der Waals surface area (Å²) in [7, 11) is 3.63. The minimum absolute atomic E-state index is 0.00431. The molecule has 0 fully saturated rings. The number of nitrogens with zero attached hydrogens (tertiary/aromatic N) is 3. The highest BCUT2D eigenvalue weighted by molar-refractivity contribution is 5.46. The minimum atomic E-state index is -0.435. The Kier molecular flexibility index (Phi) is 4.23. The predicted octanol–water partition coefficient (Wildman–Crippen LogP) is 2.46. The van der Waals surface area contributed by atoms with Crippen molar-refractivity contribution in [2.75, 3.05) is 7.05 Å². The molecule has 1 heterocycles. The molecular weight excluding hydrogens is 272 g/mol. The van der Waals surface area contributed by atoms with E-state index in [0.29, 0.717) is 18.2 Å². The van der Waals surface area contributed by atoms with Gasteiger partial charge in [-0.3, -0.25) is 10.1 Å². The molecular formula is C14H18N4O3. The standard InChI is InChI=1S/C14H18N4O3/c1-9-5-6-11(18(19)20)7-13(9)21-14-12(8-15-3)10(2)16-17(14)4/h5-7,15H,8H2,1-4H3. The van der Waals surface area contributed by atoms with Gasteiger partial charge in [-0.1, -0.05) is 0 Å². The van der Waals surface area contributed by atoms with Crippen LogP contribution in [0.15, 0.2) is 18.2 Å². The summed E-state index contributed by atoms with van der Waals surface area (Å²) >= 11 is 0. The number of nitro benzene ring substituents is 1. The summed E-state index contributed by atoms with van der Waals surface area (Å²) < 4.78 is 7.53. The van der Waals surface area contributed by atoms with Crippen LogP contribution in [-0.4, -0.2) is 21.8 Å². The first-order valence-corrected chi connectivity index (χ1v) is 6.54. The van der Waals surface area contributed by atoms with Crippen LogP contribution < -0.4 is 10.1 Å². The quantitative estimate of drug-likeness (QED) is 0.675. The van der Waals surface area contributed by atoms with Gasteiger partial charge in [0.05, 0.1) is 22.2 Å². The van der Waals surface area contributed by atoms with Gasteiger partial charge in [0, 0.05) is 19.7 Å². The molecule has 0 saturated heterocycles. The van der Waals surface area contributed by atoms with Crippen molar-refractivity contribution in [3.05, 3.63) is 45.1 Å². The normalized spacial score (nSPS) is 10.7. The van der Waals surface area contributed by atoms with Gasteiger partial charge < -0.3 is 10.1 Å². The number of hydrogen-bond donors (Lipinski definition) is 1. The van der Waals surface area contributed by atoms with Crippen LogP contribution in [0.4, 0.5) is 5.69 Å². The van der Waals surface area contributed by atoms with E-state index in [4.69, 9.17) is 4.74 Å². The molecule has 2 rings (SSSR count). The Bertz CT molecular complexity index is 679. The Hall–Kier alpha value is -2.41. The van der Waals surface area contributed by atoms with E-state index >= 15 is 0 Å². The summed E-state index contributed by atoms with van der Waals surface area (Å²) in [5.74, 6) is 1.05. The average molecular weight is 290 g/mol. The van der Waals surface area contributed by atoms with E-state index in [1.165, 1.54) is 12.1 Å². The van der Waals surface area contributed by atoms with Crippen LogP contribution in [0.1, 0.15) is 16.8 Å². The maximum Gasteiger partial charge on any atom is 0.273 e. The molecule has 0 aliphatic heterocycles. The molecule has 2 aromatic rings. The van der Waals surface area contributed by atoms with E-state index in [1.807, 2.05) is 20.9 Å². The maximum atomic E-state index is 10.9. The van der Waals surface area contributed by atoms with E-state index in [2.05, 4.69) is 10.4 Å². The van der Waals surface area contributed by atoms with Gasteiger partial charge in [-0.2, -0.15) is 5.10 Å². The summed E-state index contributed by atoms with van der Waals surface area (Å²) in [6.45, 7) is 4.36. The number of aromatic nitrogens is 2. The molecule has 0 aliphatic rings. The number of rotatable bonds is 5. The van der Waals surface area contributed by atoms with Crippen molar-refractivity contribution < 1.29 is 9.66 Å². The van der Waals surface area contributed by atoms with Gasteiger partial charge >= 0.3 is 0 Å². The average Bonchev–Trinajstić information content (AvgIpc) is 2.68. The zero-order chi connectivity index (χ0) is 15.6. The largest absolute Gasteiger partial charge is 0.438 e.